The van der Waals surface area contributed by atoms with Crippen molar-refractivity contribution in [1.29, 1.82) is 0 Å². The highest BCUT2D eigenvalue weighted by Gasteiger charge is 2.11. The van der Waals surface area contributed by atoms with E-state index in [4.69, 9.17) is 11.6 Å². The summed E-state index contributed by atoms with van der Waals surface area (Å²) in [6.07, 6.45) is 0. The molecule has 0 bridgehead atoms. The Morgan fingerprint density at radius 2 is 1.62 bits per heavy atom. The van der Waals surface area contributed by atoms with Gasteiger partial charge in [0.15, 0.2) is 0 Å². The maximum atomic E-state index is 12.1. The summed E-state index contributed by atoms with van der Waals surface area (Å²) in [5, 5.41) is 3.43. The maximum absolute atomic E-state index is 12.1. The van der Waals surface area contributed by atoms with Gasteiger partial charge in [-0.3, -0.25) is 9.69 Å². The molecule has 0 spiro atoms. The van der Waals surface area contributed by atoms with Crippen molar-refractivity contribution in [3.63, 3.8) is 0 Å². The quantitative estimate of drug-likeness (QED) is 0.761. The van der Waals surface area contributed by atoms with E-state index < -0.39 is 0 Å². The third kappa shape index (κ3) is 6.46. The largest absolute Gasteiger partial charge is 0.324 e. The molecule has 0 aliphatic rings. The van der Waals surface area contributed by atoms with Crippen LogP contribution in [0.2, 0.25) is 5.02 Å². The van der Waals surface area contributed by atoms with Gasteiger partial charge in [0.05, 0.1) is 17.3 Å². The van der Waals surface area contributed by atoms with Crippen LogP contribution in [0.15, 0.2) is 24.3 Å². The molecule has 0 aliphatic carbocycles. The smallest absolute Gasteiger partial charge is 0.238 e. The molecule has 0 fully saturated rings. The highest BCUT2D eigenvalue weighted by atomic mass is 35.5. The number of likely N-dealkylation sites (N-methyl/N-ethyl adjacent to an activating group) is 2. The number of rotatable bonds is 9. The number of benzene rings is 1. The molecule has 21 heavy (non-hydrogen) atoms. The Morgan fingerprint density at radius 1 is 1.05 bits per heavy atom. The van der Waals surface area contributed by atoms with Gasteiger partial charge in [0.1, 0.15) is 0 Å². The second-order valence-corrected chi connectivity index (χ2v) is 5.33. The molecule has 0 radical (unpaired) electrons. The van der Waals surface area contributed by atoms with Crippen LogP contribution in [0, 0.1) is 0 Å². The third-order valence-electron chi connectivity index (χ3n) is 3.59. The van der Waals surface area contributed by atoms with Gasteiger partial charge in [0, 0.05) is 13.1 Å². The number of hydrogen-bond donors (Lipinski definition) is 1. The lowest BCUT2D eigenvalue weighted by Gasteiger charge is -2.24. The first kappa shape index (κ1) is 18.0. The molecule has 0 saturated carbocycles. The van der Waals surface area contributed by atoms with E-state index >= 15 is 0 Å². The minimum atomic E-state index is -0.0236. The lowest BCUT2D eigenvalue weighted by atomic mass is 10.3. The van der Waals surface area contributed by atoms with Gasteiger partial charge in [-0.2, -0.15) is 0 Å². The van der Waals surface area contributed by atoms with Crippen LogP contribution >= 0.6 is 11.6 Å². The molecule has 1 N–H and O–H groups in total. The fourth-order valence-corrected chi connectivity index (χ4v) is 2.31. The predicted molar refractivity (Wildman–Crippen MR) is 90.0 cm³/mol. The highest BCUT2D eigenvalue weighted by Crippen LogP contribution is 2.20. The van der Waals surface area contributed by atoms with Crippen LogP contribution in [-0.4, -0.2) is 55.0 Å². The van der Waals surface area contributed by atoms with E-state index in [1.54, 1.807) is 6.07 Å². The van der Waals surface area contributed by atoms with Crippen LogP contribution in [0.3, 0.4) is 0 Å². The Hall–Kier alpha value is -1.10. The molecule has 4 nitrogen and oxygen atoms in total. The van der Waals surface area contributed by atoms with E-state index in [9.17, 15) is 4.79 Å². The molecule has 0 aromatic heterocycles. The average molecular weight is 312 g/mol. The monoisotopic (exact) mass is 311 g/mol. The van der Waals surface area contributed by atoms with Gasteiger partial charge in [-0.25, -0.2) is 0 Å². The molecule has 1 aromatic rings. The minimum Gasteiger partial charge on any atom is -0.324 e. The molecule has 0 saturated heterocycles. The number of carbonyl (C=O) groups excluding carboxylic acids is 1. The molecule has 0 aliphatic heterocycles. The van der Waals surface area contributed by atoms with Crippen LogP contribution in [0.25, 0.3) is 0 Å². The Labute approximate surface area is 133 Å². The molecule has 1 amide bonds. The van der Waals surface area contributed by atoms with Crippen molar-refractivity contribution >= 4 is 23.2 Å². The summed E-state index contributed by atoms with van der Waals surface area (Å²) >= 11 is 6.04. The van der Waals surface area contributed by atoms with Crippen LogP contribution in [0.4, 0.5) is 5.69 Å². The van der Waals surface area contributed by atoms with Crippen molar-refractivity contribution in [1.82, 2.24) is 9.80 Å². The average Bonchev–Trinajstić information content (AvgIpc) is 2.49. The summed E-state index contributed by atoms with van der Waals surface area (Å²) in [5.74, 6) is -0.0236. The van der Waals surface area contributed by atoms with E-state index in [1.165, 1.54) is 0 Å². The first-order chi connectivity index (χ1) is 10.1. The van der Waals surface area contributed by atoms with Crippen molar-refractivity contribution in [3.05, 3.63) is 29.3 Å². The van der Waals surface area contributed by atoms with Gasteiger partial charge < -0.3 is 10.2 Å². The Bertz CT molecular complexity index is 435. The molecule has 0 atom stereocenters. The topological polar surface area (TPSA) is 35.6 Å². The number of anilines is 1. The number of amides is 1. The van der Waals surface area contributed by atoms with E-state index in [0.717, 1.165) is 32.7 Å². The second kappa shape index (κ2) is 9.77. The highest BCUT2D eigenvalue weighted by molar-refractivity contribution is 6.33. The minimum absolute atomic E-state index is 0.0236. The summed E-state index contributed by atoms with van der Waals surface area (Å²) in [5.41, 5.74) is 0.670. The summed E-state index contributed by atoms with van der Waals surface area (Å²) in [6, 6.07) is 7.29. The molecule has 0 unspecified atom stereocenters. The molecule has 118 valence electrons. The SMILES string of the molecule is CCN(CC)CCN(CC)CC(=O)Nc1ccccc1Cl. The van der Waals surface area contributed by atoms with Gasteiger partial charge in [-0.15, -0.1) is 0 Å². The number of carbonyl (C=O) groups is 1. The number of nitrogens with zero attached hydrogens (tertiary/aromatic N) is 2. The fourth-order valence-electron chi connectivity index (χ4n) is 2.13. The lowest BCUT2D eigenvalue weighted by Crippen LogP contribution is -2.39. The zero-order valence-corrected chi connectivity index (χ0v) is 14.0. The Balaban J connectivity index is 2.45. The van der Waals surface area contributed by atoms with Crippen molar-refractivity contribution in [2.24, 2.45) is 0 Å². The van der Waals surface area contributed by atoms with Crippen molar-refractivity contribution < 1.29 is 4.79 Å². The van der Waals surface area contributed by atoms with Crippen LogP contribution in [-0.2, 0) is 4.79 Å². The summed E-state index contributed by atoms with van der Waals surface area (Å²) in [4.78, 5) is 16.6. The first-order valence-corrected chi connectivity index (χ1v) is 7.97. The van der Waals surface area contributed by atoms with Gasteiger partial charge in [-0.05, 0) is 31.8 Å². The standard InChI is InChI=1S/C16H26ClN3O/c1-4-19(5-2)11-12-20(6-3)13-16(21)18-15-10-8-7-9-14(15)17/h7-10H,4-6,11-13H2,1-3H3,(H,18,21). The number of para-hydroxylation sites is 1. The molecular weight excluding hydrogens is 286 g/mol. The van der Waals surface area contributed by atoms with Gasteiger partial charge in [0.25, 0.3) is 0 Å². The van der Waals surface area contributed by atoms with Crippen LogP contribution in [0.1, 0.15) is 20.8 Å². The van der Waals surface area contributed by atoms with Gasteiger partial charge in [0.2, 0.25) is 5.91 Å². The Morgan fingerprint density at radius 3 is 2.19 bits per heavy atom. The maximum Gasteiger partial charge on any atom is 0.238 e. The van der Waals surface area contributed by atoms with Crippen LogP contribution in [0.5, 0.6) is 0 Å². The summed E-state index contributed by atoms with van der Waals surface area (Å²) < 4.78 is 0. The van der Waals surface area contributed by atoms with Crippen LogP contribution < -0.4 is 5.32 Å². The molecule has 0 heterocycles. The van der Waals surface area contributed by atoms with E-state index in [-0.39, 0.29) is 5.91 Å². The number of hydrogen-bond acceptors (Lipinski definition) is 3. The summed E-state index contributed by atoms with van der Waals surface area (Å²) in [7, 11) is 0. The van der Waals surface area contributed by atoms with Crippen molar-refractivity contribution in [3.8, 4) is 0 Å². The van der Waals surface area contributed by atoms with Gasteiger partial charge >= 0.3 is 0 Å². The van der Waals surface area contributed by atoms with Crippen molar-refractivity contribution in [2.75, 3.05) is 44.6 Å². The fraction of sp³-hybridized carbons (Fsp3) is 0.562. The van der Waals surface area contributed by atoms with Crippen molar-refractivity contribution in [2.45, 2.75) is 20.8 Å². The molecular formula is C16H26ClN3O. The van der Waals surface area contributed by atoms with E-state index in [0.29, 0.717) is 17.3 Å². The number of nitrogens with one attached hydrogen (secondary N) is 1. The molecule has 1 aromatic carbocycles. The molecule has 5 heteroatoms. The second-order valence-electron chi connectivity index (χ2n) is 4.92. The third-order valence-corrected chi connectivity index (χ3v) is 3.92. The lowest BCUT2D eigenvalue weighted by molar-refractivity contribution is -0.117. The normalized spacial score (nSPS) is 11.1. The predicted octanol–water partition coefficient (Wildman–Crippen LogP) is 2.94. The van der Waals surface area contributed by atoms with E-state index in [2.05, 4.69) is 35.9 Å². The zero-order chi connectivity index (χ0) is 15.7. The summed E-state index contributed by atoms with van der Waals surface area (Å²) in [6.45, 7) is 11.6. The van der Waals surface area contributed by atoms with E-state index in [1.807, 2.05) is 18.2 Å². The first-order valence-electron chi connectivity index (χ1n) is 7.59. The molecule has 1 rings (SSSR count). The Kier molecular flexibility index (Phi) is 8.35. The zero-order valence-electron chi connectivity index (χ0n) is 13.2. The van der Waals surface area contributed by atoms with Gasteiger partial charge in [-0.1, -0.05) is 44.5 Å². The number of halogens is 1.